The number of nitrogens with zero attached hydrogens (tertiary/aromatic N) is 3. The average molecular weight is 782 g/mol. The second-order valence-electron chi connectivity index (χ2n) is 12.5. The minimum absolute atomic E-state index is 0. The number of imidazole rings is 1. The van der Waals surface area contributed by atoms with Gasteiger partial charge in [-0.3, -0.25) is 9.55 Å². The third kappa shape index (κ3) is 5.56. The van der Waals surface area contributed by atoms with E-state index in [1.807, 2.05) is 24.4 Å². The summed E-state index contributed by atoms with van der Waals surface area (Å²) in [5, 5.41) is 13.4. The number of benzene rings is 5. The molecule has 0 saturated carbocycles. The molecule has 0 fully saturated rings. The van der Waals surface area contributed by atoms with Crippen molar-refractivity contribution in [2.45, 2.75) is 46.5 Å². The zero-order chi connectivity index (χ0) is 31.2. The van der Waals surface area contributed by atoms with Gasteiger partial charge in [0.05, 0.1) is 22.3 Å². The van der Waals surface area contributed by atoms with Gasteiger partial charge in [-0.05, 0) is 64.9 Å². The smallest absolute Gasteiger partial charge is 0.148 e. The van der Waals surface area contributed by atoms with Crippen molar-refractivity contribution in [1.29, 1.82) is 0 Å². The van der Waals surface area contributed by atoms with Crippen LogP contribution in [0.2, 0.25) is 0 Å². The van der Waals surface area contributed by atoms with Crippen LogP contribution in [-0.4, -0.2) is 19.6 Å². The van der Waals surface area contributed by atoms with Gasteiger partial charge in [-0.1, -0.05) is 105 Å². The summed E-state index contributed by atoms with van der Waals surface area (Å²) in [6.45, 7) is 11.0. The fourth-order valence-electron chi connectivity index (χ4n) is 6.34. The number of phenolic OH excluding ortho intramolecular Hbond substituents is 1. The molecule has 232 valence electrons. The van der Waals surface area contributed by atoms with Gasteiger partial charge in [0.15, 0.2) is 0 Å². The van der Waals surface area contributed by atoms with Crippen LogP contribution < -0.4 is 0 Å². The normalized spacial score (nSPS) is 11.5. The van der Waals surface area contributed by atoms with Gasteiger partial charge in [0.1, 0.15) is 11.6 Å². The van der Waals surface area contributed by atoms with E-state index in [0.717, 1.165) is 49.9 Å². The molecule has 0 radical (unpaired) electrons. The van der Waals surface area contributed by atoms with Crippen LogP contribution in [0.5, 0.6) is 5.75 Å². The number of pyridine rings is 1. The van der Waals surface area contributed by atoms with E-state index in [1.165, 1.54) is 16.7 Å². The van der Waals surface area contributed by atoms with Crippen LogP contribution in [0.15, 0.2) is 109 Å². The van der Waals surface area contributed by atoms with Crippen molar-refractivity contribution < 1.29 is 26.2 Å². The molecule has 4 nitrogen and oxygen atoms in total. The molecule has 5 heteroatoms. The number of para-hydroxylation sites is 3. The number of fused-ring (bicyclic) bond motifs is 2. The zero-order valence-corrected chi connectivity index (χ0v) is 28.9. The molecule has 0 amide bonds. The first-order chi connectivity index (χ1) is 21.8. The largest absolute Gasteiger partial charge is 0.507 e. The Morgan fingerprint density at radius 3 is 2.11 bits per heavy atom. The molecule has 5 aromatic carbocycles. The number of phenols is 1. The summed E-state index contributed by atoms with van der Waals surface area (Å²) < 4.78 is 2.26. The number of aryl methyl sites for hydroxylation is 1. The molecular formula is C41H36N3OPt-. The first kappa shape index (κ1) is 31.5. The third-order valence-corrected chi connectivity index (χ3v) is 8.63. The number of rotatable bonds is 6. The maximum absolute atomic E-state index is 11.1. The summed E-state index contributed by atoms with van der Waals surface area (Å²) in [4.78, 5) is 10.1. The molecule has 0 aliphatic rings. The van der Waals surface area contributed by atoms with Crippen molar-refractivity contribution in [3.05, 3.63) is 132 Å². The summed E-state index contributed by atoms with van der Waals surface area (Å²) in [7, 11) is 0. The second-order valence-corrected chi connectivity index (χ2v) is 12.5. The van der Waals surface area contributed by atoms with E-state index in [2.05, 4.69) is 124 Å². The molecule has 1 N–H and O–H groups in total. The van der Waals surface area contributed by atoms with Crippen molar-refractivity contribution in [2.75, 3.05) is 0 Å². The van der Waals surface area contributed by atoms with Crippen LogP contribution >= 0.6 is 0 Å². The van der Waals surface area contributed by atoms with E-state index in [0.29, 0.717) is 23.2 Å². The number of aromatic hydroxyl groups is 1. The Bertz CT molecular complexity index is 2190. The Hall–Kier alpha value is -4.53. The predicted octanol–water partition coefficient (Wildman–Crippen LogP) is 10.6. The van der Waals surface area contributed by atoms with Gasteiger partial charge in [-0.25, -0.2) is 4.98 Å². The van der Waals surface area contributed by atoms with Crippen LogP contribution in [0, 0.1) is 13.0 Å². The molecule has 46 heavy (non-hydrogen) atoms. The van der Waals surface area contributed by atoms with Crippen molar-refractivity contribution in [1.82, 2.24) is 14.5 Å². The quantitative estimate of drug-likeness (QED) is 0.171. The molecule has 2 aromatic heterocycles. The van der Waals surface area contributed by atoms with Crippen molar-refractivity contribution >= 4 is 21.8 Å². The monoisotopic (exact) mass is 781 g/mol. The molecule has 0 aliphatic carbocycles. The number of hydrogen-bond donors (Lipinski definition) is 1. The Kier molecular flexibility index (Phi) is 8.68. The second kappa shape index (κ2) is 12.7. The molecule has 0 spiro atoms. The molecule has 0 saturated heterocycles. The third-order valence-electron chi connectivity index (χ3n) is 8.63. The van der Waals surface area contributed by atoms with Gasteiger partial charge in [-0.2, -0.15) is 0 Å². The van der Waals surface area contributed by atoms with Gasteiger partial charge in [0, 0.05) is 33.0 Å². The first-order valence-corrected chi connectivity index (χ1v) is 15.6. The summed E-state index contributed by atoms with van der Waals surface area (Å²) in [6, 6.07) is 38.8. The maximum atomic E-state index is 11.1. The van der Waals surface area contributed by atoms with Crippen LogP contribution in [0.1, 0.15) is 56.2 Å². The van der Waals surface area contributed by atoms with Gasteiger partial charge >= 0.3 is 0 Å². The fraction of sp³-hybridized carbons (Fsp3) is 0.171. The molecular weight excluding hydrogens is 746 g/mol. The predicted molar refractivity (Wildman–Crippen MR) is 186 cm³/mol. The molecule has 7 rings (SSSR count). The molecule has 0 bridgehead atoms. The van der Waals surface area contributed by atoms with E-state index < -0.39 is 0 Å². The summed E-state index contributed by atoms with van der Waals surface area (Å²) in [6.07, 6.45) is 1.94. The van der Waals surface area contributed by atoms with Gasteiger partial charge in [0.25, 0.3) is 0 Å². The maximum Gasteiger partial charge on any atom is 0.148 e. The van der Waals surface area contributed by atoms with Crippen LogP contribution in [0.4, 0.5) is 0 Å². The Balaban J connectivity index is 0.00000372. The molecule has 0 unspecified atom stereocenters. The van der Waals surface area contributed by atoms with Crippen molar-refractivity contribution in [3.63, 3.8) is 0 Å². The van der Waals surface area contributed by atoms with Gasteiger partial charge in [0.2, 0.25) is 0 Å². The standard InChI is InChI=1S/C41H36N3O.Pt/c1-25(2)32-14-9-15-33(26(3)4)40(32)44-37-17-10-16-34(39(37)43-41(44)35-13-6-7-18-38(35)45)29-11-8-12-30(22-29)36-23-28-20-19-27(5)21-31(28)24-42-36;/h6-21,23-26,45H,1-5H3;/q-1;. The Morgan fingerprint density at radius 1 is 0.696 bits per heavy atom. The summed E-state index contributed by atoms with van der Waals surface area (Å²) in [5.41, 5.74) is 11.1. The van der Waals surface area contributed by atoms with Gasteiger partial charge in [-0.15, -0.1) is 29.8 Å². The van der Waals surface area contributed by atoms with Crippen LogP contribution in [-0.2, 0) is 21.1 Å². The van der Waals surface area contributed by atoms with E-state index in [9.17, 15) is 5.11 Å². The van der Waals surface area contributed by atoms with Crippen molar-refractivity contribution in [3.8, 4) is 45.2 Å². The van der Waals surface area contributed by atoms with Crippen LogP contribution in [0.3, 0.4) is 0 Å². The zero-order valence-electron chi connectivity index (χ0n) is 26.7. The molecule has 0 atom stereocenters. The Labute approximate surface area is 285 Å². The average Bonchev–Trinajstić information content (AvgIpc) is 3.43. The number of hydrogen-bond acceptors (Lipinski definition) is 3. The van der Waals surface area contributed by atoms with Crippen LogP contribution in [0.25, 0.3) is 61.3 Å². The Morgan fingerprint density at radius 2 is 1.37 bits per heavy atom. The first-order valence-electron chi connectivity index (χ1n) is 15.6. The van der Waals surface area contributed by atoms with E-state index >= 15 is 0 Å². The van der Waals surface area contributed by atoms with E-state index in [4.69, 9.17) is 9.97 Å². The SMILES string of the molecule is Cc1ccc2cc(-c3[c-]c(-c4cccc5c4nc(-c4ccccc4O)n5-c4c(C(C)C)cccc4C(C)C)ccc3)ncc2c1.[Pt]. The van der Waals surface area contributed by atoms with Crippen molar-refractivity contribution in [2.24, 2.45) is 0 Å². The molecule has 7 aromatic rings. The van der Waals surface area contributed by atoms with E-state index in [-0.39, 0.29) is 26.8 Å². The minimum atomic E-state index is 0. The van der Waals surface area contributed by atoms with E-state index in [1.54, 1.807) is 6.07 Å². The molecule has 2 heterocycles. The van der Waals surface area contributed by atoms with Gasteiger partial charge < -0.3 is 5.11 Å². The fourth-order valence-corrected chi connectivity index (χ4v) is 6.34. The minimum Gasteiger partial charge on any atom is -0.507 e. The topological polar surface area (TPSA) is 50.9 Å². The molecule has 0 aliphatic heterocycles. The summed E-state index contributed by atoms with van der Waals surface area (Å²) in [5.74, 6) is 1.50. The summed E-state index contributed by atoms with van der Waals surface area (Å²) >= 11 is 0. The number of aromatic nitrogens is 3.